The van der Waals surface area contributed by atoms with Gasteiger partial charge in [0.1, 0.15) is 0 Å². The lowest BCUT2D eigenvalue weighted by Crippen LogP contribution is -2.24. The van der Waals surface area contributed by atoms with E-state index in [4.69, 9.17) is 6.42 Å². The van der Waals surface area contributed by atoms with E-state index < -0.39 is 0 Å². The van der Waals surface area contributed by atoms with Crippen molar-refractivity contribution in [3.05, 3.63) is 26.2 Å². The van der Waals surface area contributed by atoms with Gasteiger partial charge in [0.2, 0.25) is 5.91 Å². The van der Waals surface area contributed by atoms with E-state index in [2.05, 4.69) is 44.4 Å². The van der Waals surface area contributed by atoms with Gasteiger partial charge in [-0.1, -0.05) is 0 Å². The normalized spacial score (nSPS) is 19.9. The molecule has 1 saturated heterocycles. The zero-order valence-electron chi connectivity index (χ0n) is 8.41. The Labute approximate surface area is 117 Å². The zero-order chi connectivity index (χ0) is 11.7. The lowest BCUT2D eigenvalue weighted by Gasteiger charge is -2.17. The molecule has 0 saturated carbocycles. The number of hydrogen-bond donors (Lipinski definition) is 0. The van der Waals surface area contributed by atoms with Gasteiger partial charge in [0.25, 0.3) is 0 Å². The number of benzene rings is 1. The summed E-state index contributed by atoms with van der Waals surface area (Å²) in [6, 6.07) is 5.92. The van der Waals surface area contributed by atoms with Crippen LogP contribution in [0.1, 0.15) is 6.42 Å². The quantitative estimate of drug-likeness (QED) is 0.534. The Balaban J connectivity index is 2.32. The monoisotopic (exact) mass is 389 g/mol. The molecule has 1 amide bonds. The number of hydrogen-bond acceptors (Lipinski definition) is 1. The van der Waals surface area contributed by atoms with Gasteiger partial charge in [-0.25, -0.2) is 0 Å². The summed E-state index contributed by atoms with van der Waals surface area (Å²) in [5, 5.41) is 0. The van der Waals surface area contributed by atoms with Crippen molar-refractivity contribution in [1.82, 2.24) is 0 Å². The third kappa shape index (κ3) is 2.25. The first-order chi connectivity index (χ1) is 7.61. The molecule has 1 aliphatic heterocycles. The van der Waals surface area contributed by atoms with Crippen molar-refractivity contribution in [2.45, 2.75) is 6.42 Å². The number of halogens is 2. The molecule has 1 aromatic rings. The number of nitrogens with zero attached hydrogens (tertiary/aromatic N) is 1. The van der Waals surface area contributed by atoms with Crippen molar-refractivity contribution in [2.24, 2.45) is 5.92 Å². The van der Waals surface area contributed by atoms with Crippen LogP contribution in [-0.2, 0) is 4.79 Å². The fourth-order valence-corrected chi connectivity index (χ4v) is 3.26. The van der Waals surface area contributed by atoms with Crippen molar-refractivity contribution < 1.29 is 4.79 Å². The van der Waals surface area contributed by atoms with Crippen molar-refractivity contribution in [1.29, 1.82) is 0 Å². The average Bonchev–Trinajstić information content (AvgIpc) is 2.60. The molecule has 1 heterocycles. The Morgan fingerprint density at radius 2 is 2.31 bits per heavy atom. The highest BCUT2D eigenvalue weighted by Gasteiger charge is 2.30. The summed E-state index contributed by atoms with van der Waals surface area (Å²) in [4.78, 5) is 13.5. The van der Waals surface area contributed by atoms with Gasteiger partial charge in [-0.2, -0.15) is 0 Å². The Hall–Kier alpha value is -0.540. The van der Waals surface area contributed by atoms with Gasteiger partial charge in [-0.3, -0.25) is 4.79 Å². The molecule has 2 nitrogen and oxygen atoms in total. The molecule has 16 heavy (non-hydrogen) atoms. The Morgan fingerprint density at radius 1 is 1.56 bits per heavy atom. The second kappa shape index (κ2) is 4.76. The molecule has 1 aromatic carbocycles. The first-order valence-corrected chi connectivity index (χ1v) is 6.70. The number of carbonyl (C=O) groups excluding carboxylic acids is 1. The molecule has 1 unspecified atom stereocenters. The highest BCUT2D eigenvalue weighted by molar-refractivity contribution is 14.1. The minimum atomic E-state index is 0.0404. The van der Waals surface area contributed by atoms with Gasteiger partial charge in [0.05, 0.1) is 5.69 Å². The number of carbonyl (C=O) groups is 1. The van der Waals surface area contributed by atoms with Gasteiger partial charge in [0, 0.05) is 26.9 Å². The van der Waals surface area contributed by atoms with Crippen LogP contribution in [-0.4, -0.2) is 12.5 Å². The molecule has 4 heteroatoms. The Kier molecular flexibility index (Phi) is 3.55. The maximum absolute atomic E-state index is 11.8. The summed E-state index contributed by atoms with van der Waals surface area (Å²) >= 11 is 5.71. The highest BCUT2D eigenvalue weighted by atomic mass is 127. The molecular formula is C12H9BrINO. The highest BCUT2D eigenvalue weighted by Crippen LogP contribution is 2.32. The SMILES string of the molecule is C#CC1CC(=O)N(c2ccc(I)cc2Br)C1. The summed E-state index contributed by atoms with van der Waals surface area (Å²) in [6.45, 7) is 0.620. The van der Waals surface area contributed by atoms with Gasteiger partial charge in [0.15, 0.2) is 0 Å². The third-order valence-electron chi connectivity index (χ3n) is 2.56. The zero-order valence-corrected chi connectivity index (χ0v) is 12.2. The van der Waals surface area contributed by atoms with Crippen molar-refractivity contribution in [3.8, 4) is 12.3 Å². The predicted molar refractivity (Wildman–Crippen MR) is 76.2 cm³/mol. The van der Waals surface area contributed by atoms with Crippen LogP contribution in [0.15, 0.2) is 22.7 Å². The first-order valence-electron chi connectivity index (χ1n) is 4.83. The van der Waals surface area contributed by atoms with Crippen LogP contribution in [0.3, 0.4) is 0 Å². The summed E-state index contributed by atoms with van der Waals surface area (Å²) < 4.78 is 2.07. The molecular weight excluding hydrogens is 381 g/mol. The van der Waals surface area contributed by atoms with Crippen LogP contribution in [0, 0.1) is 21.8 Å². The predicted octanol–water partition coefficient (Wildman–Crippen LogP) is 3.04. The second-order valence-corrected chi connectivity index (χ2v) is 5.77. The van der Waals surface area contributed by atoms with E-state index in [0.29, 0.717) is 13.0 Å². The Morgan fingerprint density at radius 3 is 2.88 bits per heavy atom. The molecule has 1 atom stereocenters. The van der Waals surface area contributed by atoms with Gasteiger partial charge < -0.3 is 4.90 Å². The summed E-state index contributed by atoms with van der Waals surface area (Å²) in [6.07, 6.45) is 5.81. The van der Waals surface area contributed by atoms with E-state index in [9.17, 15) is 4.79 Å². The molecule has 1 fully saturated rings. The average molecular weight is 390 g/mol. The van der Waals surface area contributed by atoms with Crippen molar-refractivity contribution in [2.75, 3.05) is 11.4 Å². The van der Waals surface area contributed by atoms with E-state index in [1.807, 2.05) is 18.2 Å². The maximum Gasteiger partial charge on any atom is 0.228 e. The molecule has 0 radical (unpaired) electrons. The summed E-state index contributed by atoms with van der Waals surface area (Å²) in [5.41, 5.74) is 0.906. The van der Waals surface area contributed by atoms with Gasteiger partial charge in [-0.15, -0.1) is 12.3 Å². The maximum atomic E-state index is 11.8. The number of terminal acetylenes is 1. The van der Waals surface area contributed by atoms with Crippen LogP contribution < -0.4 is 4.90 Å². The van der Waals surface area contributed by atoms with E-state index in [1.54, 1.807) is 4.90 Å². The van der Waals surface area contributed by atoms with Crippen LogP contribution in [0.5, 0.6) is 0 Å². The molecule has 0 N–H and O–H groups in total. The van der Waals surface area contributed by atoms with E-state index in [-0.39, 0.29) is 11.8 Å². The van der Waals surface area contributed by atoms with E-state index in [0.717, 1.165) is 13.7 Å². The van der Waals surface area contributed by atoms with Crippen LogP contribution in [0.4, 0.5) is 5.69 Å². The summed E-state index contributed by atoms with van der Waals surface area (Å²) in [7, 11) is 0. The summed E-state index contributed by atoms with van der Waals surface area (Å²) in [5.74, 6) is 2.79. The minimum absolute atomic E-state index is 0.0404. The first kappa shape index (κ1) is 11.9. The molecule has 0 aliphatic carbocycles. The van der Waals surface area contributed by atoms with Crippen LogP contribution in [0.25, 0.3) is 0 Å². The number of anilines is 1. The lowest BCUT2D eigenvalue weighted by atomic mass is 10.1. The van der Waals surface area contributed by atoms with Gasteiger partial charge >= 0.3 is 0 Å². The third-order valence-corrected chi connectivity index (χ3v) is 3.87. The van der Waals surface area contributed by atoms with Crippen LogP contribution in [0.2, 0.25) is 0 Å². The smallest absolute Gasteiger partial charge is 0.228 e. The molecule has 1 aliphatic rings. The standard InChI is InChI=1S/C12H9BrINO/c1-2-8-5-12(16)15(7-8)11-4-3-9(14)6-10(11)13/h1,3-4,6,8H,5,7H2. The molecule has 0 spiro atoms. The number of amides is 1. The fraction of sp³-hybridized carbons (Fsp3) is 0.250. The van der Waals surface area contributed by atoms with E-state index in [1.165, 1.54) is 0 Å². The fourth-order valence-electron chi connectivity index (χ4n) is 1.75. The molecule has 0 aromatic heterocycles. The molecule has 0 bridgehead atoms. The molecule has 82 valence electrons. The van der Waals surface area contributed by atoms with Gasteiger partial charge in [-0.05, 0) is 56.7 Å². The largest absolute Gasteiger partial charge is 0.310 e. The lowest BCUT2D eigenvalue weighted by molar-refractivity contribution is -0.117. The van der Waals surface area contributed by atoms with E-state index >= 15 is 0 Å². The van der Waals surface area contributed by atoms with Crippen LogP contribution >= 0.6 is 38.5 Å². The van der Waals surface area contributed by atoms with Crippen molar-refractivity contribution in [3.63, 3.8) is 0 Å². The molecule has 2 rings (SSSR count). The minimum Gasteiger partial charge on any atom is -0.310 e. The van der Waals surface area contributed by atoms with Crippen molar-refractivity contribution >= 4 is 50.1 Å². The second-order valence-electron chi connectivity index (χ2n) is 3.67. The topological polar surface area (TPSA) is 20.3 Å². The number of rotatable bonds is 1. The Bertz CT molecular complexity index is 480.